The number of aliphatic hydroxyl groups excluding tert-OH is 1. The molecular formula is C23H24N6O2. The van der Waals surface area contributed by atoms with Gasteiger partial charge in [0.1, 0.15) is 17.8 Å². The third kappa shape index (κ3) is 3.76. The van der Waals surface area contributed by atoms with E-state index in [1.807, 2.05) is 35.8 Å². The Hall–Kier alpha value is -3.70. The summed E-state index contributed by atoms with van der Waals surface area (Å²) in [7, 11) is 0. The quantitative estimate of drug-likeness (QED) is 0.475. The summed E-state index contributed by atoms with van der Waals surface area (Å²) in [5.74, 6) is 0.0607. The van der Waals surface area contributed by atoms with Crippen molar-refractivity contribution in [3.05, 3.63) is 59.0 Å². The van der Waals surface area contributed by atoms with Crippen molar-refractivity contribution in [2.45, 2.75) is 26.3 Å². The Labute approximate surface area is 180 Å². The highest BCUT2D eigenvalue weighted by atomic mass is 16.3. The van der Waals surface area contributed by atoms with Gasteiger partial charge in [-0.3, -0.25) is 4.79 Å². The molecule has 1 aliphatic rings. The van der Waals surface area contributed by atoms with Gasteiger partial charge in [-0.25, -0.2) is 14.8 Å². The predicted octanol–water partition coefficient (Wildman–Crippen LogP) is 2.86. The molecule has 0 unspecified atom stereocenters. The van der Waals surface area contributed by atoms with Crippen LogP contribution < -0.4 is 5.73 Å². The van der Waals surface area contributed by atoms with E-state index in [9.17, 15) is 9.90 Å². The monoisotopic (exact) mass is 416 g/mol. The molecule has 1 saturated heterocycles. The van der Waals surface area contributed by atoms with Gasteiger partial charge in [-0.2, -0.15) is 0 Å². The summed E-state index contributed by atoms with van der Waals surface area (Å²) in [6.07, 6.45) is 4.48. The number of aliphatic hydroxyl groups is 1. The van der Waals surface area contributed by atoms with Crippen LogP contribution in [0.15, 0.2) is 36.3 Å². The lowest BCUT2D eigenvalue weighted by atomic mass is 10.0. The van der Waals surface area contributed by atoms with Crippen LogP contribution in [0.4, 0.5) is 5.82 Å². The molecule has 8 heteroatoms. The first kappa shape index (κ1) is 20.6. The number of aromatic nitrogens is 3. The Bertz CT molecular complexity index is 1200. The zero-order valence-corrected chi connectivity index (χ0v) is 17.4. The smallest absolute Gasteiger partial charge is 0.252 e. The second-order valence-electron chi connectivity index (χ2n) is 7.60. The number of nitrogens with two attached hydrogens (primary N) is 1. The largest absolute Gasteiger partial charge is 0.396 e. The normalized spacial score (nSPS) is 13.8. The van der Waals surface area contributed by atoms with Gasteiger partial charge in [-0.05, 0) is 31.4 Å². The number of hydrogen-bond acceptors (Lipinski definition) is 5. The van der Waals surface area contributed by atoms with E-state index in [0.717, 1.165) is 23.1 Å². The van der Waals surface area contributed by atoms with E-state index in [1.54, 1.807) is 11.0 Å². The highest BCUT2D eigenvalue weighted by Gasteiger charge is 2.26. The number of hydrogen-bond donors (Lipinski definition) is 2. The van der Waals surface area contributed by atoms with E-state index >= 15 is 0 Å². The zero-order valence-electron chi connectivity index (χ0n) is 17.4. The first-order chi connectivity index (χ1) is 15.0. The van der Waals surface area contributed by atoms with Crippen LogP contribution in [-0.4, -0.2) is 50.1 Å². The van der Waals surface area contributed by atoms with Crippen LogP contribution in [-0.2, 0) is 11.3 Å². The highest BCUT2D eigenvalue weighted by molar-refractivity contribution is 6.07. The maximum absolute atomic E-state index is 12.8. The molecule has 3 heterocycles. The summed E-state index contributed by atoms with van der Waals surface area (Å²) in [6.45, 7) is 11.4. The molecule has 4 rings (SSSR count). The number of carbonyl (C=O) groups is 1. The fourth-order valence-corrected chi connectivity index (χ4v) is 3.78. The number of nitrogen functional groups attached to an aromatic ring is 1. The lowest BCUT2D eigenvalue weighted by Crippen LogP contribution is -2.42. The Morgan fingerprint density at radius 1 is 1.29 bits per heavy atom. The van der Waals surface area contributed by atoms with Gasteiger partial charge in [0.2, 0.25) is 0 Å². The van der Waals surface area contributed by atoms with E-state index in [0.29, 0.717) is 48.6 Å². The van der Waals surface area contributed by atoms with Crippen molar-refractivity contribution in [3.8, 4) is 11.1 Å². The van der Waals surface area contributed by atoms with E-state index in [-0.39, 0.29) is 18.2 Å². The molecule has 0 atom stereocenters. The molecule has 1 aromatic carbocycles. The standard InChI is InChI=1S/C23H24N6O2/c1-15-5-7-16(8-6-15)19-18(13-17(25-2)23(31)28-9-3-10-28)29(11-4-12-30)22-20(19)21(24)26-14-27-22/h5-8,13-14,30H,3-4,9-12H2,1H3,(H2,24,26,27)/b17-13-. The van der Waals surface area contributed by atoms with Gasteiger partial charge in [0.05, 0.1) is 12.0 Å². The molecule has 1 amide bonds. The number of likely N-dealkylation sites (tertiary alicyclic amines) is 1. The average molecular weight is 416 g/mol. The Morgan fingerprint density at radius 3 is 2.65 bits per heavy atom. The lowest BCUT2D eigenvalue weighted by molar-refractivity contribution is -0.129. The van der Waals surface area contributed by atoms with Crippen molar-refractivity contribution in [3.63, 3.8) is 0 Å². The Balaban J connectivity index is 2.01. The van der Waals surface area contributed by atoms with Gasteiger partial charge in [0.25, 0.3) is 11.6 Å². The topological polar surface area (TPSA) is 102 Å². The number of aryl methyl sites for hydroxylation is 2. The van der Waals surface area contributed by atoms with Gasteiger partial charge in [0.15, 0.2) is 0 Å². The molecule has 0 spiro atoms. The average Bonchev–Trinajstić information content (AvgIpc) is 3.04. The van der Waals surface area contributed by atoms with E-state index in [1.165, 1.54) is 6.33 Å². The Morgan fingerprint density at radius 2 is 2.03 bits per heavy atom. The van der Waals surface area contributed by atoms with Crippen LogP contribution >= 0.6 is 0 Å². The molecule has 3 N–H and O–H groups in total. The van der Waals surface area contributed by atoms with E-state index < -0.39 is 0 Å². The molecule has 8 nitrogen and oxygen atoms in total. The summed E-state index contributed by atoms with van der Waals surface area (Å²) >= 11 is 0. The molecule has 1 aliphatic heterocycles. The summed E-state index contributed by atoms with van der Waals surface area (Å²) in [6, 6.07) is 7.97. The second kappa shape index (κ2) is 8.58. The van der Waals surface area contributed by atoms with Crippen molar-refractivity contribution in [1.29, 1.82) is 0 Å². The number of nitrogens with zero attached hydrogens (tertiary/aromatic N) is 5. The molecule has 158 valence electrons. The summed E-state index contributed by atoms with van der Waals surface area (Å²) < 4.78 is 1.91. The molecule has 0 saturated carbocycles. The molecule has 3 aromatic rings. The Kier molecular flexibility index (Phi) is 5.69. The third-order valence-electron chi connectivity index (χ3n) is 5.55. The van der Waals surface area contributed by atoms with Crippen molar-refractivity contribution in [2.75, 3.05) is 25.4 Å². The number of amides is 1. The van der Waals surface area contributed by atoms with Crippen LogP contribution in [0.5, 0.6) is 0 Å². The highest BCUT2D eigenvalue weighted by Crippen LogP contribution is 2.38. The fourth-order valence-electron chi connectivity index (χ4n) is 3.78. The number of anilines is 1. The van der Waals surface area contributed by atoms with E-state index in [4.69, 9.17) is 12.3 Å². The first-order valence-corrected chi connectivity index (χ1v) is 10.2. The lowest BCUT2D eigenvalue weighted by Gasteiger charge is -2.30. The first-order valence-electron chi connectivity index (χ1n) is 10.2. The summed E-state index contributed by atoms with van der Waals surface area (Å²) in [5, 5.41) is 10.1. The molecule has 31 heavy (non-hydrogen) atoms. The van der Waals surface area contributed by atoms with Crippen LogP contribution in [0.25, 0.3) is 33.1 Å². The zero-order chi connectivity index (χ0) is 22.0. The van der Waals surface area contributed by atoms with Gasteiger partial charge in [-0.1, -0.05) is 29.8 Å². The van der Waals surface area contributed by atoms with Crippen LogP contribution in [0.3, 0.4) is 0 Å². The SMILES string of the molecule is [C-]#[N+]/C(=C\c1c(-c2ccc(C)cc2)c2c(N)ncnc2n1CCCO)C(=O)N1CCC1. The van der Waals surface area contributed by atoms with E-state index in [2.05, 4.69) is 14.8 Å². The molecule has 1 fully saturated rings. The number of fused-ring (bicyclic) bond motifs is 1. The molecule has 0 radical (unpaired) electrons. The second-order valence-corrected chi connectivity index (χ2v) is 7.60. The van der Waals surface area contributed by atoms with Gasteiger partial charge in [0, 0.05) is 37.5 Å². The minimum Gasteiger partial charge on any atom is -0.396 e. The van der Waals surface area contributed by atoms with Gasteiger partial charge in [-0.15, -0.1) is 0 Å². The van der Waals surface area contributed by atoms with Gasteiger partial charge >= 0.3 is 0 Å². The number of carbonyl (C=O) groups excluding carboxylic acids is 1. The molecular weight excluding hydrogens is 392 g/mol. The fraction of sp³-hybridized carbons (Fsp3) is 0.304. The van der Waals surface area contributed by atoms with Gasteiger partial charge < -0.3 is 20.3 Å². The van der Waals surface area contributed by atoms with Crippen molar-refractivity contribution in [1.82, 2.24) is 19.4 Å². The molecule has 2 aromatic heterocycles. The molecule has 0 aliphatic carbocycles. The summed E-state index contributed by atoms with van der Waals surface area (Å²) in [5.41, 5.74) is 10.4. The van der Waals surface area contributed by atoms with Crippen molar-refractivity contribution >= 4 is 28.8 Å². The maximum Gasteiger partial charge on any atom is 0.252 e. The van der Waals surface area contributed by atoms with Crippen LogP contribution in [0.2, 0.25) is 0 Å². The molecule has 0 bridgehead atoms. The minimum absolute atomic E-state index is 0.00560. The van der Waals surface area contributed by atoms with Crippen molar-refractivity contribution in [2.24, 2.45) is 0 Å². The number of rotatable bonds is 6. The third-order valence-corrected chi connectivity index (χ3v) is 5.55. The number of benzene rings is 1. The summed E-state index contributed by atoms with van der Waals surface area (Å²) in [4.78, 5) is 26.6. The maximum atomic E-state index is 12.8. The predicted molar refractivity (Wildman–Crippen MR) is 120 cm³/mol. The van der Waals surface area contributed by atoms with Crippen LogP contribution in [0.1, 0.15) is 24.1 Å². The van der Waals surface area contributed by atoms with Crippen molar-refractivity contribution < 1.29 is 9.90 Å². The van der Waals surface area contributed by atoms with Crippen LogP contribution in [0, 0.1) is 13.5 Å². The minimum atomic E-state index is -0.269.